The van der Waals surface area contributed by atoms with Gasteiger partial charge in [0, 0.05) is 20.5 Å². The molecule has 0 spiro atoms. The van der Waals surface area contributed by atoms with E-state index in [9.17, 15) is 0 Å². The third-order valence-corrected chi connectivity index (χ3v) is 3.15. The van der Waals surface area contributed by atoms with E-state index < -0.39 is 0 Å². The van der Waals surface area contributed by atoms with Crippen LogP contribution in [0, 0.1) is 0 Å². The molecule has 0 fully saturated rings. The van der Waals surface area contributed by atoms with E-state index in [1.807, 2.05) is 13.2 Å². The summed E-state index contributed by atoms with van der Waals surface area (Å²) in [7, 11) is 4.12. The van der Waals surface area contributed by atoms with Crippen LogP contribution in [0.3, 0.4) is 0 Å². The number of rotatable bonds is 2. The number of nitrogens with zero attached hydrogens (tertiary/aromatic N) is 4. The minimum Gasteiger partial charge on any atom is -0.358 e. The van der Waals surface area contributed by atoms with Gasteiger partial charge >= 0.3 is 0 Å². The fourth-order valence-corrected chi connectivity index (χ4v) is 1.79. The Morgan fingerprint density at radius 3 is 2.29 bits per heavy atom. The lowest BCUT2D eigenvalue weighted by atomic mass is 10.5. The second-order valence-corrected chi connectivity index (χ2v) is 4.21. The standard InChI is InChI=1S/C7H13N2.C6H10N2/c1-4-9-6-5-8(3)7(9)2;1-3-6-7-4-5-8(6)2/h4H,1,5-6H2,2-3H3;3H,1,4-5H2,2H3/q+1;. The molecule has 2 heterocycles. The molecule has 17 heavy (non-hydrogen) atoms. The average Bonchev–Trinajstić information content (AvgIpc) is 2.88. The van der Waals surface area contributed by atoms with E-state index in [-0.39, 0.29) is 0 Å². The van der Waals surface area contributed by atoms with Crippen LogP contribution in [-0.4, -0.2) is 66.3 Å². The van der Waals surface area contributed by atoms with Crippen molar-refractivity contribution in [3.63, 3.8) is 0 Å². The van der Waals surface area contributed by atoms with Crippen molar-refractivity contribution in [1.29, 1.82) is 0 Å². The van der Waals surface area contributed by atoms with Gasteiger partial charge in [-0.05, 0) is 6.08 Å². The number of hydrogen-bond acceptors (Lipinski definition) is 3. The number of aliphatic imine (C=N–C) groups is 1. The van der Waals surface area contributed by atoms with E-state index in [4.69, 9.17) is 0 Å². The van der Waals surface area contributed by atoms with Crippen molar-refractivity contribution in [3.05, 3.63) is 25.4 Å². The van der Waals surface area contributed by atoms with Gasteiger partial charge < -0.3 is 4.90 Å². The first kappa shape index (κ1) is 13.5. The zero-order valence-corrected chi connectivity index (χ0v) is 11.2. The fraction of sp³-hybridized carbons (Fsp3) is 0.538. The zero-order chi connectivity index (χ0) is 12.8. The Morgan fingerprint density at radius 2 is 2.06 bits per heavy atom. The highest BCUT2D eigenvalue weighted by Crippen LogP contribution is 1.98. The SMILES string of the molecule is C=CC1=NCCN1C.C=CN1CC[N+](C)=C1C. The van der Waals surface area contributed by atoms with E-state index in [2.05, 4.69) is 46.5 Å². The van der Waals surface area contributed by atoms with Gasteiger partial charge in [-0.1, -0.05) is 13.2 Å². The van der Waals surface area contributed by atoms with E-state index in [0.717, 1.165) is 32.0 Å². The van der Waals surface area contributed by atoms with Gasteiger partial charge in [-0.2, -0.15) is 0 Å². The van der Waals surface area contributed by atoms with Gasteiger partial charge in [-0.25, -0.2) is 4.90 Å². The summed E-state index contributed by atoms with van der Waals surface area (Å²) in [5.74, 6) is 2.31. The molecule has 0 unspecified atom stereocenters. The van der Waals surface area contributed by atoms with Gasteiger partial charge in [0.1, 0.15) is 18.9 Å². The minimum atomic E-state index is 0.928. The molecule has 94 valence electrons. The van der Waals surface area contributed by atoms with Crippen LogP contribution in [-0.2, 0) is 0 Å². The first-order valence-corrected chi connectivity index (χ1v) is 5.92. The van der Waals surface area contributed by atoms with Crippen LogP contribution in [0.25, 0.3) is 0 Å². The Kier molecular flexibility index (Phi) is 4.94. The maximum atomic E-state index is 4.16. The number of hydrogen-bond donors (Lipinski definition) is 0. The lowest BCUT2D eigenvalue weighted by Gasteiger charge is -2.08. The van der Waals surface area contributed by atoms with E-state index in [1.54, 1.807) is 6.08 Å². The molecule has 2 aliphatic heterocycles. The van der Waals surface area contributed by atoms with Gasteiger partial charge in [0.2, 0.25) is 5.84 Å². The molecule has 0 aromatic heterocycles. The predicted octanol–water partition coefficient (Wildman–Crippen LogP) is 1.02. The first-order chi connectivity index (χ1) is 8.10. The van der Waals surface area contributed by atoms with Gasteiger partial charge in [0.15, 0.2) is 0 Å². The van der Waals surface area contributed by atoms with Crippen molar-refractivity contribution >= 4 is 11.7 Å². The Balaban J connectivity index is 0.000000171. The summed E-state index contributed by atoms with van der Waals surface area (Å²) in [6.07, 6.45) is 3.66. The van der Waals surface area contributed by atoms with Crippen molar-refractivity contribution in [2.24, 2.45) is 4.99 Å². The summed E-state index contributed by atoms with van der Waals surface area (Å²) < 4.78 is 2.22. The second-order valence-electron chi connectivity index (χ2n) is 4.21. The van der Waals surface area contributed by atoms with Crippen molar-refractivity contribution < 1.29 is 4.58 Å². The molecule has 2 rings (SSSR count). The normalized spacial score (nSPS) is 18.9. The van der Waals surface area contributed by atoms with Gasteiger partial charge in [-0.3, -0.25) is 9.57 Å². The summed E-state index contributed by atoms with van der Waals surface area (Å²) >= 11 is 0. The van der Waals surface area contributed by atoms with E-state index >= 15 is 0 Å². The van der Waals surface area contributed by atoms with Gasteiger partial charge in [0.05, 0.1) is 19.8 Å². The lowest BCUT2D eigenvalue weighted by Crippen LogP contribution is -2.20. The summed E-state index contributed by atoms with van der Waals surface area (Å²) in [5, 5.41) is 0. The van der Waals surface area contributed by atoms with Gasteiger partial charge in [0.25, 0.3) is 0 Å². The van der Waals surface area contributed by atoms with Crippen molar-refractivity contribution in [2.45, 2.75) is 6.92 Å². The fourth-order valence-electron chi connectivity index (χ4n) is 1.79. The molecular formula is C13H23N4+. The monoisotopic (exact) mass is 235 g/mol. The molecule has 0 N–H and O–H groups in total. The molecule has 0 atom stereocenters. The van der Waals surface area contributed by atoms with Crippen molar-refractivity contribution in [1.82, 2.24) is 9.80 Å². The maximum absolute atomic E-state index is 4.16. The van der Waals surface area contributed by atoms with E-state index in [1.165, 1.54) is 5.84 Å². The number of amidine groups is 2. The predicted molar refractivity (Wildman–Crippen MR) is 73.8 cm³/mol. The van der Waals surface area contributed by atoms with Crippen LogP contribution in [0.1, 0.15) is 6.92 Å². The second kappa shape index (κ2) is 6.23. The molecular weight excluding hydrogens is 212 g/mol. The Morgan fingerprint density at radius 1 is 1.35 bits per heavy atom. The third kappa shape index (κ3) is 3.44. The largest absolute Gasteiger partial charge is 0.358 e. The van der Waals surface area contributed by atoms with Crippen LogP contribution in [0.5, 0.6) is 0 Å². The van der Waals surface area contributed by atoms with Crippen LogP contribution in [0.15, 0.2) is 30.4 Å². The minimum absolute atomic E-state index is 0.928. The molecule has 0 saturated heterocycles. The average molecular weight is 235 g/mol. The van der Waals surface area contributed by atoms with Crippen molar-refractivity contribution in [2.75, 3.05) is 40.3 Å². The van der Waals surface area contributed by atoms with Crippen molar-refractivity contribution in [3.8, 4) is 0 Å². The molecule has 0 aliphatic carbocycles. The highest BCUT2D eigenvalue weighted by atomic mass is 15.3. The summed E-state index contributed by atoms with van der Waals surface area (Å²) in [6, 6.07) is 0. The first-order valence-electron chi connectivity index (χ1n) is 5.92. The summed E-state index contributed by atoms with van der Waals surface area (Å²) in [4.78, 5) is 8.40. The molecule has 0 saturated carbocycles. The van der Waals surface area contributed by atoms with E-state index in [0.29, 0.717) is 0 Å². The zero-order valence-electron chi connectivity index (χ0n) is 11.2. The molecule has 0 amide bonds. The lowest BCUT2D eigenvalue weighted by molar-refractivity contribution is -0.487. The molecule has 0 bridgehead atoms. The number of likely N-dealkylation sites (N-methyl/N-ethyl adjacent to an activating group) is 2. The highest BCUT2D eigenvalue weighted by Gasteiger charge is 2.20. The molecule has 4 heteroatoms. The Bertz CT molecular complexity index is 354. The van der Waals surface area contributed by atoms with Crippen LogP contribution in [0.4, 0.5) is 0 Å². The smallest absolute Gasteiger partial charge is 0.248 e. The molecule has 4 nitrogen and oxygen atoms in total. The maximum Gasteiger partial charge on any atom is 0.248 e. The third-order valence-electron chi connectivity index (χ3n) is 3.15. The quantitative estimate of drug-likeness (QED) is 0.667. The molecule has 2 aliphatic rings. The molecule has 0 aromatic carbocycles. The van der Waals surface area contributed by atoms with Crippen LogP contribution in [0.2, 0.25) is 0 Å². The van der Waals surface area contributed by atoms with Gasteiger partial charge in [-0.15, -0.1) is 0 Å². The summed E-state index contributed by atoms with van der Waals surface area (Å²) in [5.41, 5.74) is 0. The summed E-state index contributed by atoms with van der Waals surface area (Å²) in [6.45, 7) is 13.6. The Hall–Kier alpha value is -1.58. The molecule has 0 aromatic rings. The topological polar surface area (TPSA) is 21.9 Å². The molecule has 0 radical (unpaired) electrons. The van der Waals surface area contributed by atoms with Crippen LogP contribution >= 0.6 is 0 Å². The van der Waals surface area contributed by atoms with Crippen LogP contribution < -0.4 is 0 Å². The Labute approximate surface area is 104 Å². The highest BCUT2D eigenvalue weighted by molar-refractivity contribution is 5.93.